The number of benzene rings is 2. The molecule has 3 heterocycles. The Labute approximate surface area is 190 Å². The number of hydrogen-bond acceptors (Lipinski definition) is 6. The standard InChI is InChI=1S/C24H23FN8/c1-14-5-6-17(11-19(14)25)13-33-22-8-7-18(12-21(22)29-31-33)20-9-10-26-24(27-20)28-23-15(2)30-32(4)16(23)3/h5-12H,13H2,1-4H3,(H,26,27,28). The fraction of sp³-hybridized carbons (Fsp3) is 0.208. The normalized spacial score (nSPS) is 11.3. The molecule has 8 nitrogen and oxygen atoms in total. The van der Waals surface area contributed by atoms with E-state index >= 15 is 0 Å². The summed E-state index contributed by atoms with van der Waals surface area (Å²) in [7, 11) is 1.91. The molecule has 0 fully saturated rings. The van der Waals surface area contributed by atoms with Crippen LogP contribution >= 0.6 is 0 Å². The molecule has 0 saturated heterocycles. The summed E-state index contributed by atoms with van der Waals surface area (Å²) in [6, 6.07) is 13.0. The Morgan fingerprint density at radius 3 is 2.64 bits per heavy atom. The van der Waals surface area contributed by atoms with Crippen molar-refractivity contribution in [3.8, 4) is 11.3 Å². The lowest BCUT2D eigenvalue weighted by Crippen LogP contribution is -2.02. The zero-order valence-electron chi connectivity index (χ0n) is 18.8. The highest BCUT2D eigenvalue weighted by Gasteiger charge is 2.13. The molecule has 0 amide bonds. The van der Waals surface area contributed by atoms with Gasteiger partial charge in [-0.15, -0.1) is 5.10 Å². The molecule has 9 heteroatoms. The summed E-state index contributed by atoms with van der Waals surface area (Å²) in [5.74, 6) is 0.279. The van der Waals surface area contributed by atoms with Crippen molar-refractivity contribution < 1.29 is 4.39 Å². The average Bonchev–Trinajstić information content (AvgIpc) is 3.31. The number of halogens is 1. The van der Waals surface area contributed by atoms with Crippen molar-refractivity contribution >= 4 is 22.7 Å². The molecule has 0 bridgehead atoms. The Morgan fingerprint density at radius 1 is 1.03 bits per heavy atom. The van der Waals surface area contributed by atoms with Crippen LogP contribution in [0.3, 0.4) is 0 Å². The zero-order valence-corrected chi connectivity index (χ0v) is 18.8. The molecule has 5 aromatic rings. The van der Waals surface area contributed by atoms with Crippen LogP contribution in [-0.2, 0) is 13.6 Å². The van der Waals surface area contributed by atoms with Gasteiger partial charge in [0.2, 0.25) is 5.95 Å². The molecule has 0 aliphatic rings. The minimum absolute atomic E-state index is 0.218. The largest absolute Gasteiger partial charge is 0.321 e. The number of hydrogen-bond donors (Lipinski definition) is 1. The smallest absolute Gasteiger partial charge is 0.227 e. The first-order chi connectivity index (χ1) is 15.9. The monoisotopic (exact) mass is 442 g/mol. The third-order valence-electron chi connectivity index (χ3n) is 5.78. The van der Waals surface area contributed by atoms with E-state index in [1.54, 1.807) is 23.9 Å². The summed E-state index contributed by atoms with van der Waals surface area (Å²) in [4.78, 5) is 9.03. The third kappa shape index (κ3) is 3.93. The third-order valence-corrected chi connectivity index (χ3v) is 5.78. The van der Waals surface area contributed by atoms with E-state index in [1.165, 1.54) is 6.07 Å². The Hall–Kier alpha value is -4.14. The van der Waals surface area contributed by atoms with Gasteiger partial charge in [0.1, 0.15) is 11.3 Å². The van der Waals surface area contributed by atoms with Crippen LogP contribution in [0.5, 0.6) is 0 Å². The fourth-order valence-corrected chi connectivity index (χ4v) is 3.80. The fourth-order valence-electron chi connectivity index (χ4n) is 3.80. The number of nitrogens with one attached hydrogen (secondary N) is 1. The van der Waals surface area contributed by atoms with Crippen molar-refractivity contribution in [3.63, 3.8) is 0 Å². The van der Waals surface area contributed by atoms with Gasteiger partial charge in [0, 0.05) is 18.8 Å². The molecule has 5 rings (SSSR count). The molecule has 33 heavy (non-hydrogen) atoms. The molecule has 166 valence electrons. The van der Waals surface area contributed by atoms with Crippen molar-refractivity contribution in [2.75, 3.05) is 5.32 Å². The van der Waals surface area contributed by atoms with Crippen LogP contribution in [0, 0.1) is 26.6 Å². The number of fused-ring (bicyclic) bond motifs is 1. The van der Waals surface area contributed by atoms with Crippen molar-refractivity contribution in [2.24, 2.45) is 7.05 Å². The number of aromatic nitrogens is 7. The molecular weight excluding hydrogens is 419 g/mol. The molecule has 0 atom stereocenters. The Bertz CT molecular complexity index is 1480. The van der Waals surface area contributed by atoms with E-state index in [0.717, 1.165) is 44.9 Å². The van der Waals surface area contributed by atoms with Gasteiger partial charge in [0.05, 0.1) is 34.8 Å². The van der Waals surface area contributed by atoms with Crippen LogP contribution in [0.15, 0.2) is 48.7 Å². The Kier molecular flexibility index (Phi) is 5.08. The minimum Gasteiger partial charge on any atom is -0.321 e. The molecule has 0 aliphatic carbocycles. The minimum atomic E-state index is -0.218. The van der Waals surface area contributed by atoms with Crippen LogP contribution in [-0.4, -0.2) is 34.7 Å². The van der Waals surface area contributed by atoms with Crippen LogP contribution in [0.2, 0.25) is 0 Å². The van der Waals surface area contributed by atoms with Gasteiger partial charge >= 0.3 is 0 Å². The molecule has 0 aliphatic heterocycles. The number of nitrogens with zero attached hydrogens (tertiary/aromatic N) is 7. The van der Waals surface area contributed by atoms with Crippen LogP contribution in [0.25, 0.3) is 22.3 Å². The molecule has 2 aromatic carbocycles. The average molecular weight is 443 g/mol. The van der Waals surface area contributed by atoms with Gasteiger partial charge in [-0.25, -0.2) is 19.0 Å². The maximum Gasteiger partial charge on any atom is 0.227 e. The van der Waals surface area contributed by atoms with E-state index in [0.29, 0.717) is 18.1 Å². The van der Waals surface area contributed by atoms with Gasteiger partial charge in [0.25, 0.3) is 0 Å². The molecule has 0 spiro atoms. The number of aryl methyl sites for hydroxylation is 3. The Morgan fingerprint density at radius 2 is 1.88 bits per heavy atom. The highest BCUT2D eigenvalue weighted by Crippen LogP contribution is 2.25. The molecular formula is C24H23FN8. The first-order valence-corrected chi connectivity index (χ1v) is 10.6. The summed E-state index contributed by atoms with van der Waals surface area (Å²) in [5, 5.41) is 16.3. The highest BCUT2D eigenvalue weighted by atomic mass is 19.1. The summed E-state index contributed by atoms with van der Waals surface area (Å²) < 4.78 is 17.5. The topological polar surface area (TPSA) is 86.3 Å². The summed E-state index contributed by atoms with van der Waals surface area (Å²) in [6.45, 7) is 6.13. The predicted molar refractivity (Wildman–Crippen MR) is 125 cm³/mol. The van der Waals surface area contributed by atoms with Crippen molar-refractivity contribution in [3.05, 3.63) is 77.0 Å². The van der Waals surface area contributed by atoms with Gasteiger partial charge in [-0.05, 0) is 56.2 Å². The molecule has 0 saturated carbocycles. The van der Waals surface area contributed by atoms with Crippen LogP contribution < -0.4 is 5.32 Å². The maximum absolute atomic E-state index is 13.9. The van der Waals surface area contributed by atoms with Gasteiger partial charge in [-0.3, -0.25) is 4.68 Å². The van der Waals surface area contributed by atoms with Gasteiger partial charge < -0.3 is 5.32 Å². The lowest BCUT2D eigenvalue weighted by Gasteiger charge is -2.08. The highest BCUT2D eigenvalue weighted by molar-refractivity contribution is 5.80. The SMILES string of the molecule is Cc1ccc(Cn2nnc3cc(-c4ccnc(Nc5c(C)nn(C)c5C)n4)ccc32)cc1F. The summed E-state index contributed by atoms with van der Waals surface area (Å²) in [6.07, 6.45) is 1.72. The second-order valence-electron chi connectivity index (χ2n) is 8.09. The van der Waals surface area contributed by atoms with E-state index < -0.39 is 0 Å². The van der Waals surface area contributed by atoms with Crippen LogP contribution in [0.4, 0.5) is 16.0 Å². The first-order valence-electron chi connectivity index (χ1n) is 10.6. The van der Waals surface area contributed by atoms with E-state index in [4.69, 9.17) is 0 Å². The molecule has 0 radical (unpaired) electrons. The molecule has 3 aromatic heterocycles. The van der Waals surface area contributed by atoms with E-state index in [-0.39, 0.29) is 5.82 Å². The lowest BCUT2D eigenvalue weighted by atomic mass is 10.1. The predicted octanol–water partition coefficient (Wildman–Crippen LogP) is 4.48. The zero-order chi connectivity index (χ0) is 23.1. The van der Waals surface area contributed by atoms with Crippen molar-refractivity contribution in [1.29, 1.82) is 0 Å². The Balaban J connectivity index is 1.42. The lowest BCUT2D eigenvalue weighted by molar-refractivity contribution is 0.609. The second kappa shape index (κ2) is 8.09. The van der Waals surface area contributed by atoms with Gasteiger partial charge in [-0.1, -0.05) is 23.4 Å². The summed E-state index contributed by atoms with van der Waals surface area (Å²) >= 11 is 0. The first kappa shape index (κ1) is 20.7. The van der Waals surface area contributed by atoms with Gasteiger partial charge in [0.15, 0.2) is 0 Å². The molecule has 0 unspecified atom stereocenters. The number of rotatable bonds is 5. The van der Waals surface area contributed by atoms with Gasteiger partial charge in [-0.2, -0.15) is 5.10 Å². The summed E-state index contributed by atoms with van der Waals surface area (Å²) in [5.41, 5.74) is 7.54. The van der Waals surface area contributed by atoms with E-state index in [9.17, 15) is 4.39 Å². The number of anilines is 2. The quantitative estimate of drug-likeness (QED) is 0.432. The van der Waals surface area contributed by atoms with E-state index in [2.05, 4.69) is 30.7 Å². The molecule has 1 N–H and O–H groups in total. The van der Waals surface area contributed by atoms with Crippen molar-refractivity contribution in [1.82, 2.24) is 34.7 Å². The van der Waals surface area contributed by atoms with E-state index in [1.807, 2.05) is 55.9 Å². The van der Waals surface area contributed by atoms with Crippen molar-refractivity contribution in [2.45, 2.75) is 27.3 Å². The maximum atomic E-state index is 13.9. The second-order valence-corrected chi connectivity index (χ2v) is 8.09. The van der Waals surface area contributed by atoms with Crippen LogP contribution in [0.1, 0.15) is 22.5 Å².